The molecule has 0 aliphatic heterocycles. The highest BCUT2D eigenvalue weighted by atomic mass is 16.5. The van der Waals surface area contributed by atoms with Gasteiger partial charge in [0.1, 0.15) is 11.5 Å². The van der Waals surface area contributed by atoms with E-state index in [1.165, 1.54) is 0 Å². The van der Waals surface area contributed by atoms with Crippen LogP contribution in [-0.4, -0.2) is 31.6 Å². The maximum atomic E-state index is 12.8. The van der Waals surface area contributed by atoms with E-state index in [0.29, 0.717) is 18.7 Å². The summed E-state index contributed by atoms with van der Waals surface area (Å²) < 4.78 is 10.6. The van der Waals surface area contributed by atoms with E-state index in [9.17, 15) is 4.79 Å². The lowest BCUT2D eigenvalue weighted by Crippen LogP contribution is -2.32. The second-order valence-electron chi connectivity index (χ2n) is 5.66. The van der Waals surface area contributed by atoms with Gasteiger partial charge in [-0.15, -0.1) is 0 Å². The van der Waals surface area contributed by atoms with Crippen LogP contribution in [0, 0.1) is 0 Å². The van der Waals surface area contributed by atoms with Gasteiger partial charge in [-0.05, 0) is 30.2 Å². The molecule has 2 aromatic rings. The van der Waals surface area contributed by atoms with Gasteiger partial charge >= 0.3 is 0 Å². The van der Waals surface area contributed by atoms with E-state index in [2.05, 4.69) is 6.92 Å². The van der Waals surface area contributed by atoms with Gasteiger partial charge in [0.15, 0.2) is 0 Å². The average Bonchev–Trinajstić information content (AvgIpc) is 2.62. The molecule has 0 N–H and O–H groups in total. The molecule has 0 aliphatic carbocycles. The zero-order chi connectivity index (χ0) is 17.4. The lowest BCUT2D eigenvalue weighted by Gasteiger charge is -2.23. The Morgan fingerprint density at radius 1 is 1.04 bits per heavy atom. The van der Waals surface area contributed by atoms with Crippen molar-refractivity contribution in [1.29, 1.82) is 0 Å². The molecule has 4 nitrogen and oxygen atoms in total. The highest BCUT2D eigenvalue weighted by Gasteiger charge is 2.16. The summed E-state index contributed by atoms with van der Waals surface area (Å²) in [5.74, 6) is 1.52. The number of carbonyl (C=O) groups is 1. The van der Waals surface area contributed by atoms with Crippen LogP contribution in [0.15, 0.2) is 48.5 Å². The predicted molar refractivity (Wildman–Crippen MR) is 95.4 cm³/mol. The number of ether oxygens (including phenoxy) is 2. The molecule has 128 valence electrons. The van der Waals surface area contributed by atoms with Crippen LogP contribution < -0.4 is 9.47 Å². The van der Waals surface area contributed by atoms with Crippen LogP contribution in [0.3, 0.4) is 0 Å². The molecule has 1 amide bonds. The lowest BCUT2D eigenvalue weighted by atomic mass is 10.1. The molecule has 4 heteroatoms. The lowest BCUT2D eigenvalue weighted by molar-refractivity contribution is -0.131. The molecule has 2 aromatic carbocycles. The molecule has 2 rings (SSSR count). The van der Waals surface area contributed by atoms with Crippen LogP contribution in [0.2, 0.25) is 0 Å². The van der Waals surface area contributed by atoms with Crippen molar-refractivity contribution in [3.8, 4) is 11.5 Å². The van der Waals surface area contributed by atoms with Crippen molar-refractivity contribution in [2.75, 3.05) is 20.8 Å². The van der Waals surface area contributed by atoms with Gasteiger partial charge in [0, 0.05) is 18.7 Å². The molecule has 0 aromatic heterocycles. The van der Waals surface area contributed by atoms with Crippen molar-refractivity contribution in [2.24, 2.45) is 0 Å². The first-order chi connectivity index (χ1) is 11.7. The van der Waals surface area contributed by atoms with Crippen molar-refractivity contribution >= 4 is 5.91 Å². The topological polar surface area (TPSA) is 38.8 Å². The first-order valence-electron chi connectivity index (χ1n) is 8.20. The number of nitrogens with zero attached hydrogens (tertiary/aromatic N) is 1. The van der Waals surface area contributed by atoms with E-state index in [1.54, 1.807) is 14.2 Å². The second kappa shape index (κ2) is 8.96. The third kappa shape index (κ3) is 4.75. The van der Waals surface area contributed by atoms with E-state index < -0.39 is 0 Å². The van der Waals surface area contributed by atoms with Gasteiger partial charge in [0.25, 0.3) is 0 Å². The number of carbonyl (C=O) groups excluding carboxylic acids is 1. The Labute approximate surface area is 144 Å². The predicted octanol–water partition coefficient (Wildman–Crippen LogP) is 3.69. The van der Waals surface area contributed by atoms with Crippen LogP contribution in [0.4, 0.5) is 0 Å². The van der Waals surface area contributed by atoms with Gasteiger partial charge in [-0.3, -0.25) is 4.79 Å². The molecule has 0 spiro atoms. The standard InChI is InChI=1S/C20H25NO3/c1-4-12-21(15-16-8-6-5-7-9-16)20(22)14-17-13-18(23-2)10-11-19(17)24-3/h5-11,13H,4,12,14-15H2,1-3H3. The molecular formula is C20H25NO3. The van der Waals surface area contributed by atoms with Gasteiger partial charge in [-0.1, -0.05) is 37.3 Å². The molecule has 0 atom stereocenters. The van der Waals surface area contributed by atoms with Crippen LogP contribution in [-0.2, 0) is 17.8 Å². The zero-order valence-corrected chi connectivity index (χ0v) is 14.6. The van der Waals surface area contributed by atoms with Crippen molar-refractivity contribution in [3.05, 3.63) is 59.7 Å². The Hall–Kier alpha value is -2.49. The number of amides is 1. The summed E-state index contributed by atoms with van der Waals surface area (Å²) in [5, 5.41) is 0. The molecule has 0 unspecified atom stereocenters. The van der Waals surface area contributed by atoms with Gasteiger partial charge < -0.3 is 14.4 Å². The van der Waals surface area contributed by atoms with E-state index in [-0.39, 0.29) is 5.91 Å². The molecule has 0 fully saturated rings. The molecule has 0 heterocycles. The van der Waals surface area contributed by atoms with Crippen molar-refractivity contribution in [3.63, 3.8) is 0 Å². The monoisotopic (exact) mass is 327 g/mol. The fraction of sp³-hybridized carbons (Fsp3) is 0.350. The number of methoxy groups -OCH3 is 2. The van der Waals surface area contributed by atoms with E-state index >= 15 is 0 Å². The molecule has 0 saturated heterocycles. The first-order valence-corrected chi connectivity index (χ1v) is 8.20. The molecule has 0 radical (unpaired) electrons. The summed E-state index contributed by atoms with van der Waals surface area (Å²) in [6.45, 7) is 3.44. The quantitative estimate of drug-likeness (QED) is 0.742. The maximum Gasteiger partial charge on any atom is 0.227 e. The van der Waals surface area contributed by atoms with E-state index in [1.807, 2.05) is 53.4 Å². The third-order valence-corrected chi connectivity index (χ3v) is 3.89. The largest absolute Gasteiger partial charge is 0.497 e. The van der Waals surface area contributed by atoms with Gasteiger partial charge in [0.2, 0.25) is 5.91 Å². The minimum atomic E-state index is 0.0901. The molecule has 24 heavy (non-hydrogen) atoms. The average molecular weight is 327 g/mol. The SMILES string of the molecule is CCCN(Cc1ccccc1)C(=O)Cc1cc(OC)ccc1OC. The normalized spacial score (nSPS) is 10.3. The Morgan fingerprint density at radius 2 is 1.79 bits per heavy atom. The first kappa shape index (κ1) is 17.9. The van der Waals surface area contributed by atoms with Crippen LogP contribution in [0.25, 0.3) is 0 Å². The Morgan fingerprint density at radius 3 is 2.42 bits per heavy atom. The van der Waals surface area contributed by atoms with E-state index in [4.69, 9.17) is 9.47 Å². The third-order valence-electron chi connectivity index (χ3n) is 3.89. The smallest absolute Gasteiger partial charge is 0.227 e. The Kier molecular flexibility index (Phi) is 6.67. The summed E-state index contributed by atoms with van der Waals surface area (Å²) in [6, 6.07) is 15.6. The number of hydrogen-bond acceptors (Lipinski definition) is 3. The highest BCUT2D eigenvalue weighted by molar-refractivity contribution is 5.79. The summed E-state index contributed by atoms with van der Waals surface area (Å²) in [7, 11) is 3.23. The van der Waals surface area contributed by atoms with Crippen LogP contribution >= 0.6 is 0 Å². The Bertz CT molecular complexity index is 655. The van der Waals surface area contributed by atoms with Crippen LogP contribution in [0.1, 0.15) is 24.5 Å². The minimum Gasteiger partial charge on any atom is -0.497 e. The van der Waals surface area contributed by atoms with Gasteiger partial charge in [0.05, 0.1) is 20.6 Å². The molecular weight excluding hydrogens is 302 g/mol. The van der Waals surface area contributed by atoms with Crippen molar-refractivity contribution < 1.29 is 14.3 Å². The van der Waals surface area contributed by atoms with E-state index in [0.717, 1.165) is 29.8 Å². The summed E-state index contributed by atoms with van der Waals surface area (Å²) in [5.41, 5.74) is 1.98. The fourth-order valence-corrected chi connectivity index (χ4v) is 2.66. The molecule has 0 bridgehead atoms. The van der Waals surface area contributed by atoms with Crippen molar-refractivity contribution in [1.82, 2.24) is 4.90 Å². The Balaban J connectivity index is 2.15. The van der Waals surface area contributed by atoms with Gasteiger partial charge in [-0.2, -0.15) is 0 Å². The summed E-state index contributed by atoms with van der Waals surface area (Å²) in [4.78, 5) is 14.7. The minimum absolute atomic E-state index is 0.0901. The van der Waals surface area contributed by atoms with Crippen LogP contribution in [0.5, 0.6) is 11.5 Å². The number of benzene rings is 2. The summed E-state index contributed by atoms with van der Waals surface area (Å²) >= 11 is 0. The number of rotatable bonds is 8. The van der Waals surface area contributed by atoms with Gasteiger partial charge in [-0.25, -0.2) is 0 Å². The maximum absolute atomic E-state index is 12.8. The molecule has 0 saturated carbocycles. The summed E-state index contributed by atoms with van der Waals surface area (Å²) in [6.07, 6.45) is 1.22. The second-order valence-corrected chi connectivity index (χ2v) is 5.66. The van der Waals surface area contributed by atoms with Crippen molar-refractivity contribution in [2.45, 2.75) is 26.3 Å². The highest BCUT2D eigenvalue weighted by Crippen LogP contribution is 2.25. The number of hydrogen-bond donors (Lipinski definition) is 0. The zero-order valence-electron chi connectivity index (χ0n) is 14.6. The fourth-order valence-electron chi connectivity index (χ4n) is 2.66. The molecule has 0 aliphatic rings.